The van der Waals surface area contributed by atoms with Crippen molar-refractivity contribution in [3.63, 3.8) is 0 Å². The fourth-order valence-corrected chi connectivity index (χ4v) is 2.48. The summed E-state index contributed by atoms with van der Waals surface area (Å²) in [6, 6.07) is 7.93. The molecular weight excluding hydrogens is 262 g/mol. The summed E-state index contributed by atoms with van der Waals surface area (Å²) in [6.07, 6.45) is 0. The maximum Gasteiger partial charge on any atom is 0.236 e. The molecule has 19 heavy (non-hydrogen) atoms. The second-order valence-electron chi connectivity index (χ2n) is 4.78. The molecule has 1 aromatic rings. The number of nitrogens with zero attached hydrogens (tertiary/aromatic N) is 2. The number of amides is 1. The summed E-state index contributed by atoms with van der Waals surface area (Å²) in [4.78, 5) is 16.0. The Morgan fingerprint density at radius 3 is 2.58 bits per heavy atom. The number of hydrogen-bond donors (Lipinski definition) is 1. The molecule has 1 aromatic carbocycles. The van der Waals surface area contributed by atoms with Crippen molar-refractivity contribution in [2.24, 2.45) is 0 Å². The molecule has 0 atom stereocenters. The Bertz CT molecular complexity index is 430. The van der Waals surface area contributed by atoms with Gasteiger partial charge in [-0.15, -0.1) is 0 Å². The second kappa shape index (κ2) is 6.89. The standard InChI is InChI=1S/C14H20ClN3O/c1-16-10-14(19)18-8-6-17(7-9-18)11-12-4-2-3-5-13(12)15/h2-5,16H,6-11H2,1H3. The van der Waals surface area contributed by atoms with E-state index < -0.39 is 0 Å². The highest BCUT2D eigenvalue weighted by Gasteiger charge is 2.20. The van der Waals surface area contributed by atoms with Crippen molar-refractivity contribution in [1.29, 1.82) is 0 Å². The Morgan fingerprint density at radius 1 is 1.26 bits per heavy atom. The maximum absolute atomic E-state index is 11.7. The van der Waals surface area contributed by atoms with E-state index in [9.17, 15) is 4.79 Å². The average molecular weight is 282 g/mol. The van der Waals surface area contributed by atoms with Crippen molar-refractivity contribution >= 4 is 17.5 Å². The molecule has 1 N–H and O–H groups in total. The molecule has 5 heteroatoms. The van der Waals surface area contributed by atoms with Crippen LogP contribution in [-0.2, 0) is 11.3 Å². The third kappa shape index (κ3) is 3.93. The molecule has 4 nitrogen and oxygen atoms in total. The third-order valence-electron chi connectivity index (χ3n) is 3.40. The van der Waals surface area contributed by atoms with Gasteiger partial charge in [-0.2, -0.15) is 0 Å². The van der Waals surface area contributed by atoms with Crippen LogP contribution >= 0.6 is 11.6 Å². The van der Waals surface area contributed by atoms with E-state index in [1.54, 1.807) is 7.05 Å². The number of carbonyl (C=O) groups is 1. The third-order valence-corrected chi connectivity index (χ3v) is 3.77. The summed E-state index contributed by atoms with van der Waals surface area (Å²) in [5.74, 6) is 0.180. The lowest BCUT2D eigenvalue weighted by molar-refractivity contribution is -0.131. The summed E-state index contributed by atoms with van der Waals surface area (Å²) in [5, 5.41) is 3.72. The zero-order chi connectivity index (χ0) is 13.7. The van der Waals surface area contributed by atoms with Crippen LogP contribution in [0.1, 0.15) is 5.56 Å². The van der Waals surface area contributed by atoms with Gasteiger partial charge in [-0.1, -0.05) is 29.8 Å². The first-order chi connectivity index (χ1) is 9.20. The SMILES string of the molecule is CNCC(=O)N1CCN(Cc2ccccc2Cl)CC1. The minimum atomic E-state index is 0.180. The maximum atomic E-state index is 11.7. The highest BCUT2D eigenvalue weighted by atomic mass is 35.5. The lowest BCUT2D eigenvalue weighted by Gasteiger charge is -2.34. The van der Waals surface area contributed by atoms with Crippen LogP contribution in [0.5, 0.6) is 0 Å². The van der Waals surface area contributed by atoms with Gasteiger partial charge in [0.15, 0.2) is 0 Å². The minimum Gasteiger partial charge on any atom is -0.339 e. The van der Waals surface area contributed by atoms with Crippen LogP contribution in [-0.4, -0.2) is 55.5 Å². The number of benzene rings is 1. The average Bonchev–Trinajstić information content (AvgIpc) is 2.42. The minimum absolute atomic E-state index is 0.180. The molecule has 1 aliphatic rings. The normalized spacial score (nSPS) is 16.6. The van der Waals surface area contributed by atoms with Gasteiger partial charge in [-0.05, 0) is 18.7 Å². The molecule has 104 valence electrons. The molecule has 1 saturated heterocycles. The summed E-state index contributed by atoms with van der Waals surface area (Å²) in [5.41, 5.74) is 1.15. The zero-order valence-electron chi connectivity index (χ0n) is 11.2. The van der Waals surface area contributed by atoms with E-state index >= 15 is 0 Å². The van der Waals surface area contributed by atoms with E-state index in [4.69, 9.17) is 11.6 Å². The Kier molecular flexibility index (Phi) is 5.19. The molecule has 2 rings (SSSR count). The van der Waals surface area contributed by atoms with Crippen molar-refractivity contribution in [3.05, 3.63) is 34.9 Å². The zero-order valence-corrected chi connectivity index (χ0v) is 12.0. The summed E-state index contributed by atoms with van der Waals surface area (Å²) in [6.45, 7) is 4.68. The van der Waals surface area contributed by atoms with Crippen LogP contribution in [0, 0.1) is 0 Å². The first-order valence-electron chi connectivity index (χ1n) is 6.59. The predicted molar refractivity (Wildman–Crippen MR) is 77.2 cm³/mol. The lowest BCUT2D eigenvalue weighted by Crippen LogP contribution is -2.50. The Labute approximate surface area is 119 Å². The summed E-state index contributed by atoms with van der Waals surface area (Å²) < 4.78 is 0. The number of hydrogen-bond acceptors (Lipinski definition) is 3. The van der Waals surface area contributed by atoms with Crippen LogP contribution in [0.25, 0.3) is 0 Å². The van der Waals surface area contributed by atoms with Gasteiger partial charge in [-0.25, -0.2) is 0 Å². The van der Waals surface area contributed by atoms with Gasteiger partial charge < -0.3 is 10.2 Å². The van der Waals surface area contributed by atoms with Crippen LogP contribution < -0.4 is 5.32 Å². The van der Waals surface area contributed by atoms with Gasteiger partial charge in [0.1, 0.15) is 0 Å². The van der Waals surface area contributed by atoms with E-state index in [1.165, 1.54) is 0 Å². The number of rotatable bonds is 4. The van der Waals surface area contributed by atoms with Gasteiger partial charge in [0, 0.05) is 37.7 Å². The van der Waals surface area contributed by atoms with Crippen molar-refractivity contribution in [3.8, 4) is 0 Å². The number of carbonyl (C=O) groups excluding carboxylic acids is 1. The quantitative estimate of drug-likeness (QED) is 0.901. The van der Waals surface area contributed by atoms with Crippen LogP contribution in [0.15, 0.2) is 24.3 Å². The predicted octanol–water partition coefficient (Wildman–Crippen LogP) is 1.20. The van der Waals surface area contributed by atoms with E-state index in [1.807, 2.05) is 23.1 Å². The molecule has 0 spiro atoms. The Balaban J connectivity index is 1.84. The molecule has 1 fully saturated rings. The van der Waals surface area contributed by atoms with Crippen molar-refractivity contribution in [1.82, 2.24) is 15.1 Å². The molecule has 1 amide bonds. The number of halogens is 1. The topological polar surface area (TPSA) is 35.6 Å². The molecule has 0 radical (unpaired) electrons. The van der Waals surface area contributed by atoms with E-state index in [0.29, 0.717) is 6.54 Å². The number of nitrogens with one attached hydrogen (secondary N) is 1. The monoisotopic (exact) mass is 281 g/mol. The molecule has 0 bridgehead atoms. The first kappa shape index (κ1) is 14.3. The summed E-state index contributed by atoms with van der Waals surface area (Å²) >= 11 is 6.16. The Hall–Kier alpha value is -1.10. The fourth-order valence-electron chi connectivity index (χ4n) is 2.29. The number of piperazine rings is 1. The Morgan fingerprint density at radius 2 is 1.95 bits per heavy atom. The van der Waals surface area contributed by atoms with E-state index in [0.717, 1.165) is 43.3 Å². The van der Waals surface area contributed by atoms with Crippen molar-refractivity contribution in [2.75, 3.05) is 39.8 Å². The van der Waals surface area contributed by atoms with Crippen LogP contribution in [0.4, 0.5) is 0 Å². The van der Waals surface area contributed by atoms with Crippen LogP contribution in [0.2, 0.25) is 5.02 Å². The molecule has 0 aromatic heterocycles. The van der Waals surface area contributed by atoms with Gasteiger partial charge in [0.2, 0.25) is 5.91 Å². The smallest absolute Gasteiger partial charge is 0.236 e. The lowest BCUT2D eigenvalue weighted by atomic mass is 10.2. The van der Waals surface area contributed by atoms with E-state index in [2.05, 4.69) is 16.3 Å². The van der Waals surface area contributed by atoms with Gasteiger partial charge >= 0.3 is 0 Å². The fraction of sp³-hybridized carbons (Fsp3) is 0.500. The van der Waals surface area contributed by atoms with Gasteiger partial charge in [-0.3, -0.25) is 9.69 Å². The highest BCUT2D eigenvalue weighted by molar-refractivity contribution is 6.31. The largest absolute Gasteiger partial charge is 0.339 e. The molecule has 1 aliphatic heterocycles. The highest BCUT2D eigenvalue weighted by Crippen LogP contribution is 2.17. The molecule has 0 aliphatic carbocycles. The van der Waals surface area contributed by atoms with E-state index in [-0.39, 0.29) is 5.91 Å². The second-order valence-corrected chi connectivity index (χ2v) is 5.19. The molecule has 0 unspecified atom stereocenters. The summed E-state index contributed by atoms with van der Waals surface area (Å²) in [7, 11) is 1.80. The van der Waals surface area contributed by atoms with Gasteiger partial charge in [0.05, 0.1) is 6.54 Å². The van der Waals surface area contributed by atoms with Gasteiger partial charge in [0.25, 0.3) is 0 Å². The molecule has 0 saturated carbocycles. The van der Waals surface area contributed by atoms with Crippen molar-refractivity contribution in [2.45, 2.75) is 6.54 Å². The van der Waals surface area contributed by atoms with Crippen LogP contribution in [0.3, 0.4) is 0 Å². The molecular formula is C14H20ClN3O. The van der Waals surface area contributed by atoms with Crippen molar-refractivity contribution < 1.29 is 4.79 Å². The first-order valence-corrected chi connectivity index (χ1v) is 6.96. The number of likely N-dealkylation sites (N-methyl/N-ethyl adjacent to an activating group) is 1. The molecule has 1 heterocycles.